The lowest BCUT2D eigenvalue weighted by Crippen LogP contribution is -2.13. The van der Waals surface area contributed by atoms with Gasteiger partial charge in [0.25, 0.3) is 0 Å². The fourth-order valence-corrected chi connectivity index (χ4v) is 2.23. The van der Waals surface area contributed by atoms with E-state index >= 15 is 0 Å². The largest absolute Gasteiger partial charge is 0.496 e. The smallest absolute Gasteiger partial charge is 0.124 e. The van der Waals surface area contributed by atoms with Gasteiger partial charge in [-0.15, -0.1) is 12.4 Å². The molecule has 0 radical (unpaired) electrons. The molecule has 2 nitrogen and oxygen atoms in total. The highest BCUT2D eigenvalue weighted by Gasteiger charge is 2.29. The highest BCUT2D eigenvalue weighted by Crippen LogP contribution is 2.40. The SMILES string of the molecule is COc1c(C)cc([C@@H](N)C2CC2)cc1C.Cl. The van der Waals surface area contributed by atoms with Gasteiger partial charge in [-0.2, -0.15) is 0 Å². The molecule has 2 N–H and O–H groups in total. The second kappa shape index (κ2) is 5.07. The molecule has 1 saturated carbocycles. The van der Waals surface area contributed by atoms with Crippen LogP contribution >= 0.6 is 12.4 Å². The molecule has 1 atom stereocenters. The minimum Gasteiger partial charge on any atom is -0.496 e. The van der Waals surface area contributed by atoms with E-state index in [1.54, 1.807) is 7.11 Å². The number of benzene rings is 1. The van der Waals surface area contributed by atoms with Crippen molar-refractivity contribution in [1.82, 2.24) is 0 Å². The van der Waals surface area contributed by atoms with Crippen molar-refractivity contribution in [3.63, 3.8) is 0 Å². The van der Waals surface area contributed by atoms with Gasteiger partial charge in [-0.25, -0.2) is 0 Å². The molecule has 3 heteroatoms. The van der Waals surface area contributed by atoms with Gasteiger partial charge in [0.2, 0.25) is 0 Å². The summed E-state index contributed by atoms with van der Waals surface area (Å²) in [4.78, 5) is 0. The highest BCUT2D eigenvalue weighted by atomic mass is 35.5. The molecule has 1 aromatic carbocycles. The van der Waals surface area contributed by atoms with E-state index in [0.29, 0.717) is 5.92 Å². The Balaban J connectivity index is 0.00000128. The van der Waals surface area contributed by atoms with Crippen LogP contribution in [0.1, 0.15) is 35.6 Å². The zero-order valence-electron chi connectivity index (χ0n) is 10.1. The van der Waals surface area contributed by atoms with Crippen molar-refractivity contribution < 1.29 is 4.74 Å². The summed E-state index contributed by atoms with van der Waals surface area (Å²) in [5.41, 5.74) is 9.81. The average molecular weight is 242 g/mol. The molecule has 0 unspecified atom stereocenters. The predicted octanol–water partition coefficient (Wildman–Crippen LogP) is 3.14. The number of ether oxygens (including phenoxy) is 1. The molecule has 16 heavy (non-hydrogen) atoms. The summed E-state index contributed by atoms with van der Waals surface area (Å²) in [6.45, 7) is 4.16. The summed E-state index contributed by atoms with van der Waals surface area (Å²) in [5.74, 6) is 1.69. The standard InChI is InChI=1S/C13H19NO.ClH/c1-8-6-11(12(14)10-4-5-10)7-9(2)13(8)15-3;/h6-7,10,12H,4-5,14H2,1-3H3;1H/t12-;/m0./s1. The molecule has 1 fully saturated rings. The van der Waals surface area contributed by atoms with Crippen LogP contribution in [-0.2, 0) is 0 Å². The van der Waals surface area contributed by atoms with Crippen molar-refractivity contribution >= 4 is 12.4 Å². The van der Waals surface area contributed by atoms with E-state index < -0.39 is 0 Å². The summed E-state index contributed by atoms with van der Waals surface area (Å²) in [6, 6.07) is 4.54. The third-order valence-corrected chi connectivity index (χ3v) is 3.20. The zero-order chi connectivity index (χ0) is 11.0. The maximum absolute atomic E-state index is 6.19. The molecule has 90 valence electrons. The van der Waals surface area contributed by atoms with E-state index in [-0.39, 0.29) is 18.4 Å². The molecule has 2 rings (SSSR count). The fraction of sp³-hybridized carbons (Fsp3) is 0.538. The van der Waals surface area contributed by atoms with E-state index in [9.17, 15) is 0 Å². The van der Waals surface area contributed by atoms with Gasteiger partial charge < -0.3 is 10.5 Å². The van der Waals surface area contributed by atoms with Crippen LogP contribution in [0, 0.1) is 19.8 Å². The van der Waals surface area contributed by atoms with Crippen molar-refractivity contribution in [1.29, 1.82) is 0 Å². The number of hydrogen-bond donors (Lipinski definition) is 1. The second-order valence-electron chi connectivity index (χ2n) is 4.55. The van der Waals surface area contributed by atoms with Crippen molar-refractivity contribution in [2.75, 3.05) is 7.11 Å². The van der Waals surface area contributed by atoms with Gasteiger partial charge in [-0.05, 0) is 49.3 Å². The molecule has 0 heterocycles. The Kier molecular flexibility index (Phi) is 4.22. The molecular weight excluding hydrogens is 222 g/mol. The lowest BCUT2D eigenvalue weighted by molar-refractivity contribution is 0.408. The average Bonchev–Trinajstić information content (AvgIpc) is 2.99. The molecular formula is C13H20ClNO. The lowest BCUT2D eigenvalue weighted by atomic mass is 9.98. The van der Waals surface area contributed by atoms with Gasteiger partial charge in [0, 0.05) is 6.04 Å². The summed E-state index contributed by atoms with van der Waals surface area (Å²) >= 11 is 0. The fourth-order valence-electron chi connectivity index (χ4n) is 2.23. The topological polar surface area (TPSA) is 35.2 Å². The van der Waals surface area contributed by atoms with Gasteiger partial charge in [0.05, 0.1) is 7.11 Å². The Morgan fingerprint density at radius 1 is 1.25 bits per heavy atom. The third kappa shape index (κ3) is 2.50. The van der Waals surface area contributed by atoms with Crippen LogP contribution in [-0.4, -0.2) is 7.11 Å². The molecule has 0 amide bonds. The molecule has 0 aliphatic heterocycles. The van der Waals surface area contributed by atoms with Gasteiger partial charge >= 0.3 is 0 Å². The normalized spacial score (nSPS) is 16.5. The molecule has 1 aliphatic rings. The van der Waals surface area contributed by atoms with Gasteiger partial charge in [-0.1, -0.05) is 12.1 Å². The van der Waals surface area contributed by atoms with E-state index in [4.69, 9.17) is 10.5 Å². The highest BCUT2D eigenvalue weighted by molar-refractivity contribution is 5.85. The van der Waals surface area contributed by atoms with E-state index in [2.05, 4.69) is 26.0 Å². The molecule has 0 aromatic heterocycles. The Hall–Kier alpha value is -0.730. The van der Waals surface area contributed by atoms with Gasteiger partial charge in [0.15, 0.2) is 0 Å². The number of halogens is 1. The van der Waals surface area contributed by atoms with Gasteiger partial charge in [0.1, 0.15) is 5.75 Å². The summed E-state index contributed by atoms with van der Waals surface area (Å²) < 4.78 is 5.35. The maximum Gasteiger partial charge on any atom is 0.124 e. The maximum atomic E-state index is 6.19. The summed E-state index contributed by atoms with van der Waals surface area (Å²) in [5, 5.41) is 0. The first kappa shape index (κ1) is 13.3. The Morgan fingerprint density at radius 2 is 1.75 bits per heavy atom. The third-order valence-electron chi connectivity index (χ3n) is 3.20. The molecule has 0 spiro atoms. The first-order valence-electron chi connectivity index (χ1n) is 5.54. The molecule has 1 aromatic rings. The van der Waals surface area contributed by atoms with Crippen LogP contribution in [0.5, 0.6) is 5.75 Å². The van der Waals surface area contributed by atoms with E-state index in [0.717, 1.165) is 5.75 Å². The van der Waals surface area contributed by atoms with Crippen LogP contribution in [0.2, 0.25) is 0 Å². The van der Waals surface area contributed by atoms with E-state index in [1.807, 2.05) is 0 Å². The van der Waals surface area contributed by atoms with Gasteiger partial charge in [-0.3, -0.25) is 0 Å². The van der Waals surface area contributed by atoms with Crippen LogP contribution in [0.15, 0.2) is 12.1 Å². The summed E-state index contributed by atoms with van der Waals surface area (Å²) in [6.07, 6.45) is 2.57. The number of hydrogen-bond acceptors (Lipinski definition) is 2. The van der Waals surface area contributed by atoms with Crippen molar-refractivity contribution in [2.24, 2.45) is 11.7 Å². The van der Waals surface area contributed by atoms with Crippen LogP contribution in [0.25, 0.3) is 0 Å². The number of nitrogens with two attached hydrogens (primary N) is 1. The first-order valence-corrected chi connectivity index (χ1v) is 5.54. The molecule has 1 aliphatic carbocycles. The molecule has 0 bridgehead atoms. The second-order valence-corrected chi connectivity index (χ2v) is 4.55. The Bertz CT molecular complexity index is 351. The minimum absolute atomic E-state index is 0. The Morgan fingerprint density at radius 3 is 2.12 bits per heavy atom. The van der Waals surface area contributed by atoms with Crippen LogP contribution in [0.4, 0.5) is 0 Å². The number of methoxy groups -OCH3 is 1. The van der Waals surface area contributed by atoms with Crippen LogP contribution < -0.4 is 10.5 Å². The number of aryl methyl sites for hydroxylation is 2. The lowest BCUT2D eigenvalue weighted by Gasteiger charge is -2.15. The molecule has 0 saturated heterocycles. The zero-order valence-corrected chi connectivity index (χ0v) is 10.9. The monoisotopic (exact) mass is 241 g/mol. The number of rotatable bonds is 3. The summed E-state index contributed by atoms with van der Waals surface area (Å²) in [7, 11) is 1.72. The van der Waals surface area contributed by atoms with Crippen molar-refractivity contribution in [2.45, 2.75) is 32.7 Å². The quantitative estimate of drug-likeness (QED) is 0.883. The minimum atomic E-state index is 0. The predicted molar refractivity (Wildman–Crippen MR) is 69.4 cm³/mol. The van der Waals surface area contributed by atoms with Crippen molar-refractivity contribution in [3.05, 3.63) is 28.8 Å². The first-order chi connectivity index (χ1) is 7.13. The van der Waals surface area contributed by atoms with Crippen molar-refractivity contribution in [3.8, 4) is 5.75 Å². The Labute approximate surface area is 104 Å². The van der Waals surface area contributed by atoms with Crippen LogP contribution in [0.3, 0.4) is 0 Å². The van der Waals surface area contributed by atoms with E-state index in [1.165, 1.54) is 29.5 Å².